The zero-order chi connectivity index (χ0) is 9.14. The molecule has 0 saturated heterocycles. The fourth-order valence-electron chi connectivity index (χ4n) is 0.950. The van der Waals surface area contributed by atoms with Gasteiger partial charge in [-0.05, 0) is 24.6 Å². The standard InChI is InChI=1S/C9H8Cl2O/c1-6(12)5-7-8(10)3-2-4-9(7)11/h2-4H,5H2,1H3. The molecule has 1 rings (SSSR count). The van der Waals surface area contributed by atoms with E-state index in [1.54, 1.807) is 18.2 Å². The molecule has 0 bridgehead atoms. The van der Waals surface area contributed by atoms with Gasteiger partial charge < -0.3 is 0 Å². The quantitative estimate of drug-likeness (QED) is 0.721. The van der Waals surface area contributed by atoms with Crippen LogP contribution in [-0.4, -0.2) is 5.78 Å². The van der Waals surface area contributed by atoms with Crippen LogP contribution in [0.3, 0.4) is 0 Å². The monoisotopic (exact) mass is 202 g/mol. The van der Waals surface area contributed by atoms with Crippen molar-refractivity contribution in [2.45, 2.75) is 13.3 Å². The Morgan fingerprint density at radius 1 is 1.33 bits per heavy atom. The van der Waals surface area contributed by atoms with Crippen molar-refractivity contribution in [3.8, 4) is 0 Å². The van der Waals surface area contributed by atoms with Crippen LogP contribution < -0.4 is 0 Å². The lowest BCUT2D eigenvalue weighted by molar-refractivity contribution is -0.116. The van der Waals surface area contributed by atoms with Crippen LogP contribution in [-0.2, 0) is 11.2 Å². The lowest BCUT2D eigenvalue weighted by Gasteiger charge is -2.03. The second-order valence-electron chi connectivity index (χ2n) is 2.58. The van der Waals surface area contributed by atoms with E-state index in [1.165, 1.54) is 6.92 Å². The molecule has 0 saturated carbocycles. The maximum Gasteiger partial charge on any atom is 0.134 e. The molecule has 0 aliphatic carbocycles. The van der Waals surface area contributed by atoms with Crippen LogP contribution >= 0.6 is 23.2 Å². The fraction of sp³-hybridized carbons (Fsp3) is 0.222. The van der Waals surface area contributed by atoms with Gasteiger partial charge in [-0.15, -0.1) is 0 Å². The lowest BCUT2D eigenvalue weighted by Crippen LogP contribution is -1.97. The van der Waals surface area contributed by atoms with Gasteiger partial charge in [-0.2, -0.15) is 0 Å². The summed E-state index contributed by atoms with van der Waals surface area (Å²) < 4.78 is 0. The molecular formula is C9H8Cl2O. The zero-order valence-corrected chi connectivity index (χ0v) is 8.12. The Morgan fingerprint density at radius 2 is 1.83 bits per heavy atom. The minimum Gasteiger partial charge on any atom is -0.300 e. The number of Topliss-reactive ketones (excluding diaryl/α,β-unsaturated/α-hetero) is 1. The summed E-state index contributed by atoms with van der Waals surface area (Å²) in [4.78, 5) is 10.8. The van der Waals surface area contributed by atoms with E-state index in [0.717, 1.165) is 0 Å². The number of carbonyl (C=O) groups is 1. The Balaban J connectivity index is 3.04. The van der Waals surface area contributed by atoms with Gasteiger partial charge in [0, 0.05) is 16.5 Å². The Morgan fingerprint density at radius 3 is 2.25 bits per heavy atom. The van der Waals surface area contributed by atoms with Crippen LogP contribution in [0, 0.1) is 0 Å². The molecule has 1 nitrogen and oxygen atoms in total. The first kappa shape index (κ1) is 9.56. The highest BCUT2D eigenvalue weighted by Gasteiger charge is 2.06. The number of hydrogen-bond donors (Lipinski definition) is 0. The van der Waals surface area contributed by atoms with Crippen molar-refractivity contribution in [1.82, 2.24) is 0 Å². The number of halogens is 2. The number of benzene rings is 1. The highest BCUT2D eigenvalue weighted by molar-refractivity contribution is 6.36. The van der Waals surface area contributed by atoms with E-state index in [4.69, 9.17) is 23.2 Å². The van der Waals surface area contributed by atoms with E-state index < -0.39 is 0 Å². The van der Waals surface area contributed by atoms with Gasteiger partial charge in [0.05, 0.1) is 0 Å². The number of rotatable bonds is 2. The van der Waals surface area contributed by atoms with E-state index in [9.17, 15) is 4.79 Å². The van der Waals surface area contributed by atoms with E-state index in [0.29, 0.717) is 22.0 Å². The third-order valence-electron chi connectivity index (χ3n) is 1.49. The van der Waals surface area contributed by atoms with Crippen molar-refractivity contribution in [3.05, 3.63) is 33.8 Å². The number of hydrogen-bond acceptors (Lipinski definition) is 1. The maximum absolute atomic E-state index is 10.8. The van der Waals surface area contributed by atoms with E-state index in [2.05, 4.69) is 0 Å². The largest absolute Gasteiger partial charge is 0.300 e. The van der Waals surface area contributed by atoms with E-state index in [1.807, 2.05) is 0 Å². The van der Waals surface area contributed by atoms with Crippen molar-refractivity contribution in [1.29, 1.82) is 0 Å². The molecule has 0 atom stereocenters. The van der Waals surface area contributed by atoms with Crippen LogP contribution in [0.15, 0.2) is 18.2 Å². The van der Waals surface area contributed by atoms with Crippen molar-refractivity contribution in [2.24, 2.45) is 0 Å². The molecule has 0 N–H and O–H groups in total. The highest BCUT2D eigenvalue weighted by atomic mass is 35.5. The third-order valence-corrected chi connectivity index (χ3v) is 2.20. The summed E-state index contributed by atoms with van der Waals surface area (Å²) >= 11 is 11.7. The molecule has 3 heteroatoms. The molecule has 0 spiro atoms. The molecule has 0 heterocycles. The predicted molar refractivity (Wildman–Crippen MR) is 50.8 cm³/mol. The molecule has 0 radical (unpaired) electrons. The minimum absolute atomic E-state index is 0.0602. The lowest BCUT2D eigenvalue weighted by atomic mass is 10.1. The van der Waals surface area contributed by atoms with Crippen molar-refractivity contribution < 1.29 is 4.79 Å². The molecule has 0 unspecified atom stereocenters. The normalized spacial score (nSPS) is 9.92. The summed E-state index contributed by atoms with van der Waals surface area (Å²) in [6.07, 6.45) is 0.304. The topological polar surface area (TPSA) is 17.1 Å². The van der Waals surface area contributed by atoms with Gasteiger partial charge in [0.2, 0.25) is 0 Å². The third kappa shape index (κ3) is 2.23. The summed E-state index contributed by atoms with van der Waals surface area (Å²) in [5.74, 6) is 0.0602. The van der Waals surface area contributed by atoms with Crippen LogP contribution in [0.1, 0.15) is 12.5 Å². The van der Waals surface area contributed by atoms with E-state index >= 15 is 0 Å². The summed E-state index contributed by atoms with van der Waals surface area (Å²) in [6.45, 7) is 1.51. The average molecular weight is 203 g/mol. The fourth-order valence-corrected chi connectivity index (χ4v) is 1.48. The van der Waals surface area contributed by atoms with Gasteiger partial charge in [-0.1, -0.05) is 29.3 Å². The molecule has 0 amide bonds. The first-order chi connectivity index (χ1) is 5.61. The molecule has 0 aliphatic heterocycles. The molecule has 1 aromatic carbocycles. The predicted octanol–water partition coefficient (Wildman–Crippen LogP) is 3.12. The van der Waals surface area contributed by atoms with Crippen LogP contribution in [0.2, 0.25) is 10.0 Å². The molecular weight excluding hydrogens is 195 g/mol. The van der Waals surface area contributed by atoms with E-state index in [-0.39, 0.29) is 5.78 Å². The summed E-state index contributed by atoms with van der Waals surface area (Å²) in [5.41, 5.74) is 0.716. The van der Waals surface area contributed by atoms with Gasteiger partial charge >= 0.3 is 0 Å². The average Bonchev–Trinajstić information content (AvgIpc) is 1.97. The van der Waals surface area contributed by atoms with Crippen LogP contribution in [0.5, 0.6) is 0 Å². The zero-order valence-electron chi connectivity index (χ0n) is 6.60. The summed E-state index contributed by atoms with van der Waals surface area (Å²) in [7, 11) is 0. The minimum atomic E-state index is 0.0602. The number of ketones is 1. The van der Waals surface area contributed by atoms with Gasteiger partial charge in [0.1, 0.15) is 5.78 Å². The first-order valence-electron chi connectivity index (χ1n) is 3.53. The van der Waals surface area contributed by atoms with Gasteiger partial charge in [-0.25, -0.2) is 0 Å². The SMILES string of the molecule is CC(=O)Cc1c(Cl)cccc1Cl. The van der Waals surface area contributed by atoms with Gasteiger partial charge in [-0.3, -0.25) is 4.79 Å². The summed E-state index contributed by atoms with van der Waals surface area (Å²) in [6, 6.07) is 5.21. The Hall–Kier alpha value is -0.530. The second kappa shape index (κ2) is 3.92. The van der Waals surface area contributed by atoms with Crippen molar-refractivity contribution >= 4 is 29.0 Å². The first-order valence-corrected chi connectivity index (χ1v) is 4.29. The van der Waals surface area contributed by atoms with Gasteiger partial charge in [0.15, 0.2) is 0 Å². The van der Waals surface area contributed by atoms with Crippen LogP contribution in [0.4, 0.5) is 0 Å². The molecule has 0 aromatic heterocycles. The smallest absolute Gasteiger partial charge is 0.134 e. The Bertz CT molecular complexity index is 287. The molecule has 0 fully saturated rings. The Labute approximate surface area is 81.3 Å². The Kier molecular flexibility index (Phi) is 3.12. The van der Waals surface area contributed by atoms with Gasteiger partial charge in [0.25, 0.3) is 0 Å². The summed E-state index contributed by atoms with van der Waals surface area (Å²) in [5, 5.41) is 1.11. The molecule has 64 valence electrons. The highest BCUT2D eigenvalue weighted by Crippen LogP contribution is 2.24. The van der Waals surface area contributed by atoms with Crippen molar-refractivity contribution in [2.75, 3.05) is 0 Å². The second-order valence-corrected chi connectivity index (χ2v) is 3.39. The maximum atomic E-state index is 10.8. The molecule has 12 heavy (non-hydrogen) atoms. The number of carbonyl (C=O) groups excluding carboxylic acids is 1. The molecule has 1 aromatic rings. The van der Waals surface area contributed by atoms with Crippen LogP contribution in [0.25, 0.3) is 0 Å². The van der Waals surface area contributed by atoms with Crippen molar-refractivity contribution in [3.63, 3.8) is 0 Å². The molecule has 0 aliphatic rings.